The monoisotopic (exact) mass is 724 g/mol. The zero-order valence-electron chi connectivity index (χ0n) is 31.4. The first-order valence-electron chi connectivity index (χ1n) is 17.9. The first kappa shape index (κ1) is 43.2. The summed E-state index contributed by atoms with van der Waals surface area (Å²) in [6, 6.07) is 14.5. The molecule has 0 heterocycles. The molecule has 0 fully saturated rings. The summed E-state index contributed by atoms with van der Waals surface area (Å²) in [6.45, 7) is 11.5. The molecule has 5 N–H and O–H groups in total. The fraction of sp³-hybridized carbons (Fsp3) is 0.526. The molecule has 0 spiro atoms. The van der Waals surface area contributed by atoms with Crippen LogP contribution in [0, 0.1) is 5.92 Å². The van der Waals surface area contributed by atoms with Crippen molar-refractivity contribution in [1.29, 1.82) is 0 Å². The van der Waals surface area contributed by atoms with E-state index >= 15 is 0 Å². The molecule has 2 atom stereocenters. The standard InChI is InChI=1S/C38H56N6O8/c1-7-40-37(39)43(8-2)44(34(47)30(26-32(45)52-38(4,5)6)19-15-18-27-16-11-10-12-17-27)31(35(48)49)20-13-14-25-41-42-33(46)28-21-23-29(24-22-28)36(50)51-9-3/h10-12,16-17,21-24,30-31,41H,7-9,13-15,18-20,25-26H2,1-6H3,(H2,39,40)(H,42,46)(H,48,49)/t30-,31+/m1/s1. The van der Waals surface area contributed by atoms with E-state index in [0.29, 0.717) is 56.3 Å². The van der Waals surface area contributed by atoms with Crippen molar-refractivity contribution >= 4 is 35.7 Å². The Morgan fingerprint density at radius 3 is 2.13 bits per heavy atom. The molecule has 0 aliphatic heterocycles. The predicted octanol–water partition coefficient (Wildman–Crippen LogP) is 4.49. The highest BCUT2D eigenvalue weighted by molar-refractivity contribution is 5.96. The van der Waals surface area contributed by atoms with Crippen LogP contribution in [0.4, 0.5) is 0 Å². The summed E-state index contributed by atoms with van der Waals surface area (Å²) in [5, 5.41) is 13.0. The summed E-state index contributed by atoms with van der Waals surface area (Å²) in [6.07, 6.45) is 2.21. The van der Waals surface area contributed by atoms with Crippen LogP contribution >= 0.6 is 0 Å². The SMILES string of the molecule is CCN=C(N)N(CC)N(C(=O)[C@H](CCCc1ccccc1)CC(=O)OC(C)(C)C)[C@@H](CCCCNNC(=O)c1ccc(C(=O)OCC)cc1)C(=O)O. The van der Waals surface area contributed by atoms with Crippen LogP contribution in [-0.4, -0.2) is 88.7 Å². The number of carboxylic acid groups (broad SMARTS) is 1. The molecule has 2 rings (SSSR count). The van der Waals surface area contributed by atoms with Crippen molar-refractivity contribution in [3.63, 3.8) is 0 Å². The minimum absolute atomic E-state index is 0.00966. The number of carbonyl (C=O) groups excluding carboxylic acids is 4. The molecule has 2 aromatic carbocycles. The molecule has 52 heavy (non-hydrogen) atoms. The Bertz CT molecular complexity index is 1480. The number of guanidine groups is 1. The van der Waals surface area contributed by atoms with Gasteiger partial charge in [0.1, 0.15) is 5.60 Å². The average Bonchev–Trinajstić information content (AvgIpc) is 3.09. The number of nitrogens with one attached hydrogen (secondary N) is 2. The minimum atomic E-state index is -1.32. The number of aryl methyl sites for hydroxylation is 1. The van der Waals surface area contributed by atoms with Crippen LogP contribution in [0.15, 0.2) is 59.6 Å². The molecular weight excluding hydrogens is 668 g/mol. The van der Waals surface area contributed by atoms with Gasteiger partial charge in [0.25, 0.3) is 5.91 Å². The molecule has 0 aliphatic rings. The van der Waals surface area contributed by atoms with Gasteiger partial charge in [-0.05, 0) is 110 Å². The largest absolute Gasteiger partial charge is 0.480 e. The Labute approximate surface area is 307 Å². The van der Waals surface area contributed by atoms with Crippen LogP contribution < -0.4 is 16.6 Å². The van der Waals surface area contributed by atoms with Crippen molar-refractivity contribution in [2.45, 2.75) is 98.1 Å². The molecule has 2 aromatic rings. The summed E-state index contributed by atoms with van der Waals surface area (Å²) < 4.78 is 10.5. The summed E-state index contributed by atoms with van der Waals surface area (Å²) in [4.78, 5) is 69.1. The fourth-order valence-corrected chi connectivity index (χ4v) is 5.48. The lowest BCUT2D eigenvalue weighted by Crippen LogP contribution is -2.60. The quantitative estimate of drug-likeness (QED) is 0.0494. The Hall–Kier alpha value is -4.98. The average molecular weight is 725 g/mol. The van der Waals surface area contributed by atoms with E-state index in [4.69, 9.17) is 15.2 Å². The number of nitrogens with two attached hydrogens (primary N) is 1. The topological polar surface area (TPSA) is 193 Å². The first-order chi connectivity index (χ1) is 24.7. The first-order valence-corrected chi connectivity index (χ1v) is 17.9. The molecule has 0 saturated carbocycles. The number of amides is 2. The number of benzene rings is 2. The lowest BCUT2D eigenvalue weighted by Gasteiger charge is -2.40. The second-order valence-corrected chi connectivity index (χ2v) is 13.1. The Morgan fingerprint density at radius 2 is 1.56 bits per heavy atom. The molecule has 0 saturated heterocycles. The van der Waals surface area contributed by atoms with E-state index in [-0.39, 0.29) is 32.0 Å². The summed E-state index contributed by atoms with van der Waals surface area (Å²) in [5.74, 6) is -4.12. The molecular formula is C38H56N6O8. The zero-order valence-corrected chi connectivity index (χ0v) is 31.4. The number of nitrogens with zero attached hydrogens (tertiary/aromatic N) is 3. The molecule has 2 amide bonds. The van der Waals surface area contributed by atoms with Gasteiger partial charge in [0.05, 0.1) is 24.5 Å². The highest BCUT2D eigenvalue weighted by Gasteiger charge is 2.39. The number of hydrazine groups is 2. The molecule has 14 heteroatoms. The number of rotatable bonds is 20. The van der Waals surface area contributed by atoms with E-state index in [1.54, 1.807) is 41.5 Å². The molecule has 286 valence electrons. The van der Waals surface area contributed by atoms with Crippen molar-refractivity contribution in [3.8, 4) is 0 Å². The molecule has 0 unspecified atom stereocenters. The number of unbranched alkanes of at least 4 members (excludes halogenated alkanes) is 1. The lowest BCUT2D eigenvalue weighted by atomic mass is 9.94. The minimum Gasteiger partial charge on any atom is -0.480 e. The number of hydrogen-bond acceptors (Lipinski definition) is 9. The number of ether oxygens (including phenoxy) is 2. The highest BCUT2D eigenvalue weighted by Crippen LogP contribution is 2.24. The van der Waals surface area contributed by atoms with Gasteiger partial charge in [0.2, 0.25) is 11.9 Å². The maximum absolute atomic E-state index is 14.5. The van der Waals surface area contributed by atoms with Gasteiger partial charge in [-0.3, -0.25) is 29.8 Å². The van der Waals surface area contributed by atoms with Gasteiger partial charge in [-0.2, -0.15) is 0 Å². The van der Waals surface area contributed by atoms with Crippen molar-refractivity contribution in [2.75, 3.05) is 26.2 Å². The van der Waals surface area contributed by atoms with Crippen LogP contribution in [0.3, 0.4) is 0 Å². The van der Waals surface area contributed by atoms with Crippen molar-refractivity contribution in [1.82, 2.24) is 20.9 Å². The number of aliphatic carboxylic acids is 1. The van der Waals surface area contributed by atoms with Gasteiger partial charge < -0.3 is 20.3 Å². The molecule has 0 bridgehead atoms. The summed E-state index contributed by atoms with van der Waals surface area (Å²) in [7, 11) is 0. The van der Waals surface area contributed by atoms with Crippen molar-refractivity contribution < 1.29 is 38.6 Å². The van der Waals surface area contributed by atoms with Gasteiger partial charge in [-0.15, -0.1) is 0 Å². The van der Waals surface area contributed by atoms with Crippen LogP contribution in [0.1, 0.15) is 106 Å². The third kappa shape index (κ3) is 14.7. The van der Waals surface area contributed by atoms with E-state index in [1.807, 2.05) is 30.3 Å². The van der Waals surface area contributed by atoms with Crippen molar-refractivity contribution in [3.05, 3.63) is 71.3 Å². The predicted molar refractivity (Wildman–Crippen MR) is 198 cm³/mol. The number of hydrogen-bond donors (Lipinski definition) is 4. The van der Waals surface area contributed by atoms with Crippen LogP contribution in [0.2, 0.25) is 0 Å². The van der Waals surface area contributed by atoms with Crippen LogP contribution in [-0.2, 0) is 30.3 Å². The summed E-state index contributed by atoms with van der Waals surface area (Å²) in [5.41, 5.74) is 12.7. The second kappa shape index (κ2) is 22.1. The van der Waals surface area contributed by atoms with Gasteiger partial charge in [0.15, 0.2) is 6.04 Å². The van der Waals surface area contributed by atoms with Crippen LogP contribution in [0.5, 0.6) is 0 Å². The Morgan fingerprint density at radius 1 is 0.904 bits per heavy atom. The van der Waals surface area contributed by atoms with E-state index in [0.717, 1.165) is 10.6 Å². The Kier molecular flexibility index (Phi) is 18.3. The third-order valence-electron chi connectivity index (χ3n) is 7.88. The van der Waals surface area contributed by atoms with Gasteiger partial charge in [0, 0.05) is 25.2 Å². The van der Waals surface area contributed by atoms with Crippen molar-refractivity contribution in [2.24, 2.45) is 16.6 Å². The molecule has 0 aliphatic carbocycles. The van der Waals surface area contributed by atoms with Gasteiger partial charge in [-0.25, -0.2) is 20.0 Å². The second-order valence-electron chi connectivity index (χ2n) is 13.1. The van der Waals surface area contributed by atoms with Gasteiger partial charge >= 0.3 is 17.9 Å². The normalized spacial score (nSPS) is 12.7. The summed E-state index contributed by atoms with van der Waals surface area (Å²) >= 11 is 0. The number of esters is 2. The Balaban J connectivity index is 2.20. The molecule has 14 nitrogen and oxygen atoms in total. The van der Waals surface area contributed by atoms with Gasteiger partial charge in [-0.1, -0.05) is 30.3 Å². The number of carboxylic acids is 1. The maximum atomic E-state index is 14.5. The van der Waals surface area contributed by atoms with E-state index in [1.165, 1.54) is 29.3 Å². The van der Waals surface area contributed by atoms with E-state index < -0.39 is 47.3 Å². The lowest BCUT2D eigenvalue weighted by molar-refractivity contribution is -0.168. The van der Waals surface area contributed by atoms with Crippen LogP contribution in [0.25, 0.3) is 0 Å². The third-order valence-corrected chi connectivity index (χ3v) is 7.88. The highest BCUT2D eigenvalue weighted by atomic mass is 16.6. The smallest absolute Gasteiger partial charge is 0.338 e. The molecule has 0 aromatic heterocycles. The fourth-order valence-electron chi connectivity index (χ4n) is 5.48. The van der Waals surface area contributed by atoms with E-state index in [2.05, 4.69) is 15.8 Å². The number of aliphatic imine (C=N–C) groups is 1. The zero-order chi connectivity index (χ0) is 38.7. The number of carbonyl (C=O) groups is 5. The maximum Gasteiger partial charge on any atom is 0.338 e. The molecule has 0 radical (unpaired) electrons. The van der Waals surface area contributed by atoms with E-state index in [9.17, 15) is 29.1 Å².